The Kier molecular flexibility index (Phi) is 0.463. The number of fused-ring (bicyclic) bond motifs is 1. The van der Waals surface area contributed by atoms with Crippen LogP contribution >= 0.6 is 0 Å². The molecule has 8 heavy (non-hydrogen) atoms. The monoisotopic (exact) mass is 178 g/mol. The van der Waals surface area contributed by atoms with Gasteiger partial charge in [0.15, 0.2) is 0 Å². The van der Waals surface area contributed by atoms with Gasteiger partial charge in [0.05, 0.1) is 0 Å². The molecule has 1 aromatic rings. The minimum atomic E-state index is -3.67. The topological polar surface area (TPSA) is 52.0 Å². The van der Waals surface area contributed by atoms with E-state index < -0.39 is 12.9 Å². The number of hydrogen-bond donors (Lipinski definition) is 0. The van der Waals surface area contributed by atoms with E-state index in [1.165, 1.54) is 16.0 Å². The van der Waals surface area contributed by atoms with Gasteiger partial charge in [0.2, 0.25) is 0 Å². The van der Waals surface area contributed by atoms with E-state index >= 15 is 0 Å². The van der Waals surface area contributed by atoms with Gasteiger partial charge in [0, 0.05) is 0 Å². The fourth-order valence-corrected chi connectivity index (χ4v) is 3.08. The first-order valence-electron chi connectivity index (χ1n) is 2.02. The van der Waals surface area contributed by atoms with Crippen molar-refractivity contribution in [2.75, 3.05) is 0 Å². The third-order valence-corrected chi connectivity index (χ3v) is 3.98. The van der Waals surface area contributed by atoms with Crippen LogP contribution in [0.4, 0.5) is 0 Å². The molecule has 0 spiro atoms. The molecule has 0 amide bonds. The van der Waals surface area contributed by atoms with Gasteiger partial charge < -0.3 is 0 Å². The second-order valence-electron chi connectivity index (χ2n) is 1.51. The quantitative estimate of drug-likeness (QED) is 0.472. The molecule has 1 aromatic heterocycles. The van der Waals surface area contributed by atoms with Crippen molar-refractivity contribution in [2.24, 2.45) is 0 Å². The van der Waals surface area contributed by atoms with Crippen LogP contribution in [0.15, 0.2) is 12.4 Å². The third kappa shape index (κ3) is 0.267. The van der Waals surface area contributed by atoms with Gasteiger partial charge in [-0.05, 0) is 0 Å². The summed E-state index contributed by atoms with van der Waals surface area (Å²) in [5.41, 5.74) is 0. The molecule has 2 heterocycles. The Morgan fingerprint density at radius 2 is 2.38 bits per heavy atom. The van der Waals surface area contributed by atoms with Crippen LogP contribution < -0.4 is 4.72 Å². The number of imidazole rings is 1. The van der Waals surface area contributed by atoms with Gasteiger partial charge in [-0.25, -0.2) is 0 Å². The van der Waals surface area contributed by atoms with Gasteiger partial charge >= 0.3 is 46.3 Å². The van der Waals surface area contributed by atoms with E-state index in [0.717, 1.165) is 0 Å². The molecule has 42 valence electrons. The zero-order valence-corrected chi connectivity index (χ0v) is 5.49. The van der Waals surface area contributed by atoms with Gasteiger partial charge in [-0.15, -0.1) is 0 Å². The van der Waals surface area contributed by atoms with Crippen molar-refractivity contribution < 1.29 is 7.67 Å². The van der Waals surface area contributed by atoms with Gasteiger partial charge in [0.25, 0.3) is 0 Å². The zero-order chi connectivity index (χ0) is 5.78. The Hall–Kier alpha value is -0.671. The van der Waals surface area contributed by atoms with Gasteiger partial charge in [0.1, 0.15) is 0 Å². The summed E-state index contributed by atoms with van der Waals surface area (Å²) in [6.45, 7) is 0. The van der Waals surface area contributed by atoms with Crippen LogP contribution in [0.1, 0.15) is 0 Å². The molecule has 1 aliphatic rings. The molecule has 0 aliphatic carbocycles. The summed E-state index contributed by atoms with van der Waals surface area (Å²) >= 11 is -3.67. The van der Waals surface area contributed by atoms with Crippen LogP contribution in [0.5, 0.6) is 0 Å². The zero-order valence-electron chi connectivity index (χ0n) is 3.77. The Morgan fingerprint density at radius 1 is 1.62 bits per heavy atom. The SMILES string of the molecule is O=[Se]1(=O)c2nccn21. The Balaban J connectivity index is 2.91. The molecule has 0 bridgehead atoms. The van der Waals surface area contributed by atoms with E-state index in [0.29, 0.717) is 0 Å². The minimum absolute atomic E-state index is 0.251. The third-order valence-electron chi connectivity index (χ3n) is 1.03. The molecule has 2 rings (SSSR count). The summed E-state index contributed by atoms with van der Waals surface area (Å²) in [5, 5.41) is 0. The average Bonchev–Trinajstić information content (AvgIpc) is 2.22. The fourth-order valence-electron chi connectivity index (χ4n) is 0.599. The summed E-state index contributed by atoms with van der Waals surface area (Å²) in [5.74, 6) is 0. The van der Waals surface area contributed by atoms with Crippen molar-refractivity contribution in [1.82, 2.24) is 8.57 Å². The van der Waals surface area contributed by atoms with Crippen LogP contribution in [0.2, 0.25) is 0 Å². The molecule has 0 saturated carbocycles. The van der Waals surface area contributed by atoms with Gasteiger partial charge in [-0.2, -0.15) is 0 Å². The fraction of sp³-hybridized carbons (Fsp3) is 0. The van der Waals surface area contributed by atoms with Crippen molar-refractivity contribution in [3.63, 3.8) is 0 Å². The summed E-state index contributed by atoms with van der Waals surface area (Å²) in [6.07, 6.45) is 2.93. The molecule has 0 saturated heterocycles. The maximum absolute atomic E-state index is 10.5. The molecule has 0 atom stereocenters. The van der Waals surface area contributed by atoms with Crippen molar-refractivity contribution in [3.8, 4) is 0 Å². The molecule has 0 unspecified atom stereocenters. The molecule has 1 aliphatic heterocycles. The van der Waals surface area contributed by atoms with Crippen molar-refractivity contribution in [1.29, 1.82) is 0 Å². The van der Waals surface area contributed by atoms with Crippen LogP contribution in [0.25, 0.3) is 0 Å². The van der Waals surface area contributed by atoms with E-state index in [-0.39, 0.29) is 4.72 Å². The predicted octanol–water partition coefficient (Wildman–Crippen LogP) is -1.25. The first kappa shape index (κ1) is 4.23. The van der Waals surface area contributed by atoms with Crippen molar-refractivity contribution in [2.45, 2.75) is 0 Å². The number of aromatic nitrogens is 2. The van der Waals surface area contributed by atoms with Crippen LogP contribution in [-0.4, -0.2) is 21.5 Å². The summed E-state index contributed by atoms with van der Waals surface area (Å²) in [7, 11) is 0. The number of hydrogen-bond acceptors (Lipinski definition) is 3. The van der Waals surface area contributed by atoms with E-state index in [2.05, 4.69) is 4.98 Å². The second-order valence-corrected chi connectivity index (χ2v) is 5.10. The normalized spacial score (nSPS) is 20.0. The van der Waals surface area contributed by atoms with Gasteiger partial charge in [-0.3, -0.25) is 0 Å². The first-order valence-corrected chi connectivity index (χ1v) is 5.04. The summed E-state index contributed by atoms with van der Waals surface area (Å²) in [6, 6.07) is 0. The van der Waals surface area contributed by atoms with Crippen LogP contribution in [0.3, 0.4) is 0 Å². The van der Waals surface area contributed by atoms with Crippen LogP contribution in [-0.2, 0) is 7.67 Å². The van der Waals surface area contributed by atoms with E-state index in [9.17, 15) is 7.67 Å². The Labute approximate surface area is 47.0 Å². The molecule has 5 heteroatoms. The van der Waals surface area contributed by atoms with Gasteiger partial charge in [-0.1, -0.05) is 0 Å². The van der Waals surface area contributed by atoms with Crippen LogP contribution in [0, 0.1) is 0 Å². The predicted molar refractivity (Wildman–Crippen MR) is 24.4 cm³/mol. The van der Waals surface area contributed by atoms with E-state index in [4.69, 9.17) is 0 Å². The summed E-state index contributed by atoms with van der Waals surface area (Å²) < 4.78 is 22.5. The average molecular weight is 177 g/mol. The Morgan fingerprint density at radius 3 is 2.62 bits per heavy atom. The molecule has 4 nitrogen and oxygen atoms in total. The number of nitrogens with zero attached hydrogens (tertiary/aromatic N) is 2. The maximum atomic E-state index is 10.5. The molecule has 0 aromatic carbocycles. The van der Waals surface area contributed by atoms with Crippen molar-refractivity contribution >= 4 is 17.6 Å². The first-order chi connectivity index (χ1) is 3.73. The number of rotatable bonds is 0. The standard InChI is InChI=1S/C3H2N2O2Se/c6-8(7)3-4-1-2-5(3)8/h1-2H. The molecule has 0 N–H and O–H groups in total. The van der Waals surface area contributed by atoms with Crippen molar-refractivity contribution in [3.05, 3.63) is 12.4 Å². The Bertz CT molecular complexity index is 298. The summed E-state index contributed by atoms with van der Waals surface area (Å²) in [4.78, 5) is 3.57. The molecule has 0 fully saturated rings. The molecular weight excluding hydrogens is 175 g/mol. The second kappa shape index (κ2) is 0.876. The van der Waals surface area contributed by atoms with E-state index in [1.54, 1.807) is 0 Å². The van der Waals surface area contributed by atoms with E-state index in [1.807, 2.05) is 0 Å². The molecular formula is C3H2N2O2Se. The molecule has 0 radical (unpaired) electrons.